The number of hydrogen-bond donors (Lipinski definition) is 3. The number of carbonyl (C=O) groups is 1. The van der Waals surface area contributed by atoms with Crippen molar-refractivity contribution in [3.05, 3.63) is 113 Å². The van der Waals surface area contributed by atoms with Crippen LogP contribution in [0.4, 0.5) is 0 Å². The highest BCUT2D eigenvalue weighted by molar-refractivity contribution is 5.97. The van der Waals surface area contributed by atoms with E-state index in [0.29, 0.717) is 25.2 Å². The second-order valence-corrected chi connectivity index (χ2v) is 13.1. The van der Waals surface area contributed by atoms with Crippen molar-refractivity contribution < 1.29 is 4.79 Å². The van der Waals surface area contributed by atoms with Crippen molar-refractivity contribution in [1.29, 1.82) is 5.41 Å². The summed E-state index contributed by atoms with van der Waals surface area (Å²) < 4.78 is 2.36. The number of benzene rings is 4. The van der Waals surface area contributed by atoms with Gasteiger partial charge in [-0.15, -0.1) is 0 Å². The molecule has 8 nitrogen and oxygen atoms in total. The number of unbranched alkanes of at least 4 members (excludes halogenated alkanes) is 2. The van der Waals surface area contributed by atoms with Crippen molar-refractivity contribution in [2.75, 3.05) is 32.7 Å². The Morgan fingerprint density at radius 3 is 2.14 bits per heavy atom. The van der Waals surface area contributed by atoms with E-state index >= 15 is 0 Å². The first-order chi connectivity index (χ1) is 23.9. The lowest BCUT2D eigenvalue weighted by atomic mass is 10.1. The minimum atomic E-state index is -0.0374. The van der Waals surface area contributed by atoms with Crippen LogP contribution in [-0.2, 0) is 25.9 Å². The number of hydrogen-bond acceptors (Lipinski definition) is 5. The molecule has 0 saturated heterocycles. The number of fused-ring (bicyclic) bond motifs is 2. The lowest BCUT2D eigenvalue weighted by Gasteiger charge is -2.23. The number of nitrogens with zero attached hydrogens (tertiary/aromatic N) is 4. The van der Waals surface area contributed by atoms with Crippen LogP contribution < -0.4 is 11.5 Å². The van der Waals surface area contributed by atoms with Crippen LogP contribution in [0.25, 0.3) is 21.8 Å². The van der Waals surface area contributed by atoms with Gasteiger partial charge >= 0.3 is 0 Å². The van der Waals surface area contributed by atoms with Crippen molar-refractivity contribution in [2.24, 2.45) is 11.5 Å². The van der Waals surface area contributed by atoms with E-state index in [9.17, 15) is 4.79 Å². The van der Waals surface area contributed by atoms with Crippen LogP contribution in [0.2, 0.25) is 0 Å². The van der Waals surface area contributed by atoms with E-state index in [4.69, 9.17) is 21.9 Å². The minimum Gasteiger partial charge on any atom is -0.384 e. The Balaban J connectivity index is 1.38. The van der Waals surface area contributed by atoms with Crippen LogP contribution in [0.5, 0.6) is 0 Å². The summed E-state index contributed by atoms with van der Waals surface area (Å²) in [5, 5.41) is 10.1. The molecule has 0 bridgehead atoms. The SMILES string of the molecule is CCCCN(CCCC)CCCn1c(CCc2ccc(C(=N)N)cc2)nc2cc(C(=O)N(CCN)Cc3ccc4ccccc4c3)ccc21. The Hall–Kier alpha value is -4.53. The second kappa shape index (κ2) is 17.7. The van der Waals surface area contributed by atoms with Gasteiger partial charge in [-0.3, -0.25) is 10.2 Å². The minimum absolute atomic E-state index is 0.0374. The maximum atomic E-state index is 14.0. The van der Waals surface area contributed by atoms with Crippen LogP contribution in [0.3, 0.4) is 0 Å². The van der Waals surface area contributed by atoms with Gasteiger partial charge in [-0.25, -0.2) is 4.98 Å². The monoisotopic (exact) mass is 659 g/mol. The van der Waals surface area contributed by atoms with E-state index in [1.165, 1.54) is 36.6 Å². The first kappa shape index (κ1) is 35.8. The molecule has 1 heterocycles. The Morgan fingerprint density at radius 1 is 0.776 bits per heavy atom. The smallest absolute Gasteiger partial charge is 0.254 e. The number of aryl methyl sites for hydroxylation is 3. The zero-order valence-corrected chi connectivity index (χ0v) is 29.3. The Bertz CT molecular complexity index is 1820. The van der Waals surface area contributed by atoms with E-state index in [1.807, 2.05) is 53.4 Å². The lowest BCUT2D eigenvalue weighted by molar-refractivity contribution is 0.0748. The molecule has 5 rings (SSSR count). The van der Waals surface area contributed by atoms with Gasteiger partial charge in [0.15, 0.2) is 0 Å². The Labute approximate surface area is 291 Å². The molecule has 0 aliphatic rings. The van der Waals surface area contributed by atoms with Crippen molar-refractivity contribution in [3.8, 4) is 0 Å². The molecule has 4 aromatic carbocycles. The Morgan fingerprint density at radius 2 is 1.45 bits per heavy atom. The first-order valence-corrected chi connectivity index (χ1v) is 18.0. The normalized spacial score (nSPS) is 11.5. The average molecular weight is 660 g/mol. The highest BCUT2D eigenvalue weighted by Crippen LogP contribution is 2.23. The van der Waals surface area contributed by atoms with Crippen LogP contribution in [0.15, 0.2) is 84.9 Å². The molecule has 49 heavy (non-hydrogen) atoms. The number of amides is 1. The zero-order valence-electron chi connectivity index (χ0n) is 29.3. The van der Waals surface area contributed by atoms with E-state index in [0.717, 1.165) is 78.8 Å². The van der Waals surface area contributed by atoms with E-state index in [2.05, 4.69) is 59.7 Å². The number of nitrogens with one attached hydrogen (secondary N) is 1. The van der Waals surface area contributed by atoms with Crippen LogP contribution in [0, 0.1) is 5.41 Å². The standard InChI is InChI=1S/C41H53N7O/c1-3-5-23-46(24-6-4-2)25-9-26-48-38-20-19-36(29-37(38)45-39(48)21-15-31-12-17-34(18-13-31)40(43)44)41(49)47(27-22-42)30-32-14-16-33-10-7-8-11-35(33)28-32/h7-8,10-14,16-20,28-29H,3-6,9,15,21-27,30,42H2,1-2H3,(H3,43,44). The molecule has 0 unspecified atom stereocenters. The second-order valence-electron chi connectivity index (χ2n) is 13.1. The zero-order chi connectivity index (χ0) is 34.6. The molecule has 0 aliphatic carbocycles. The summed E-state index contributed by atoms with van der Waals surface area (Å²) in [6, 6.07) is 28.5. The van der Waals surface area contributed by atoms with Gasteiger partial charge < -0.3 is 25.8 Å². The summed E-state index contributed by atoms with van der Waals surface area (Å²) in [6.45, 7) is 10.1. The van der Waals surface area contributed by atoms with E-state index < -0.39 is 0 Å². The number of carbonyl (C=O) groups excluding carboxylic acids is 1. The highest BCUT2D eigenvalue weighted by Gasteiger charge is 2.19. The summed E-state index contributed by atoms with van der Waals surface area (Å²) in [6.07, 6.45) is 7.50. The fourth-order valence-corrected chi connectivity index (χ4v) is 6.56. The molecule has 0 fully saturated rings. The highest BCUT2D eigenvalue weighted by atomic mass is 16.2. The number of aromatic nitrogens is 2. The predicted octanol–water partition coefficient (Wildman–Crippen LogP) is 7.15. The lowest BCUT2D eigenvalue weighted by Crippen LogP contribution is -2.34. The number of amidine groups is 1. The Kier molecular flexibility index (Phi) is 13.0. The molecule has 0 aliphatic heterocycles. The quantitative estimate of drug-likeness (QED) is 0.0643. The van der Waals surface area contributed by atoms with E-state index in [1.54, 1.807) is 0 Å². The van der Waals surface area contributed by atoms with Crippen molar-refractivity contribution >= 4 is 33.5 Å². The molecule has 1 amide bonds. The van der Waals surface area contributed by atoms with Gasteiger partial charge in [0.2, 0.25) is 0 Å². The maximum absolute atomic E-state index is 14.0. The average Bonchev–Trinajstić information content (AvgIpc) is 3.47. The first-order valence-electron chi connectivity index (χ1n) is 18.0. The van der Waals surface area contributed by atoms with E-state index in [-0.39, 0.29) is 11.7 Å². The third-order valence-corrected chi connectivity index (χ3v) is 9.36. The molecule has 1 aromatic heterocycles. The van der Waals surface area contributed by atoms with Gasteiger partial charge in [0.1, 0.15) is 11.7 Å². The van der Waals surface area contributed by atoms with Gasteiger partial charge in [-0.2, -0.15) is 0 Å². The maximum Gasteiger partial charge on any atom is 0.254 e. The van der Waals surface area contributed by atoms with Crippen LogP contribution in [-0.4, -0.2) is 63.8 Å². The molecule has 8 heteroatoms. The summed E-state index contributed by atoms with van der Waals surface area (Å²) in [7, 11) is 0. The third-order valence-electron chi connectivity index (χ3n) is 9.36. The molecule has 0 spiro atoms. The topological polar surface area (TPSA) is 117 Å². The van der Waals surface area contributed by atoms with Gasteiger partial charge in [0, 0.05) is 43.7 Å². The van der Waals surface area contributed by atoms with Gasteiger partial charge in [-0.05, 0) is 91.5 Å². The molecule has 0 saturated carbocycles. The summed E-state index contributed by atoms with van der Waals surface area (Å²) in [5.74, 6) is 1.07. The number of nitrogens with two attached hydrogens (primary N) is 2. The molecule has 0 radical (unpaired) electrons. The molecule has 5 N–H and O–H groups in total. The van der Waals surface area contributed by atoms with Crippen molar-refractivity contribution in [1.82, 2.24) is 19.4 Å². The van der Waals surface area contributed by atoms with Crippen molar-refractivity contribution in [3.63, 3.8) is 0 Å². The number of nitrogen functional groups attached to an aromatic ring is 1. The summed E-state index contributed by atoms with van der Waals surface area (Å²) in [4.78, 5) is 23.5. The largest absolute Gasteiger partial charge is 0.384 e. The summed E-state index contributed by atoms with van der Waals surface area (Å²) >= 11 is 0. The predicted molar refractivity (Wildman–Crippen MR) is 203 cm³/mol. The molecule has 0 atom stereocenters. The molecule has 5 aromatic rings. The van der Waals surface area contributed by atoms with Gasteiger partial charge in [-0.1, -0.05) is 87.4 Å². The van der Waals surface area contributed by atoms with Crippen molar-refractivity contribution in [2.45, 2.75) is 71.9 Å². The van der Waals surface area contributed by atoms with Gasteiger partial charge in [0.25, 0.3) is 5.91 Å². The van der Waals surface area contributed by atoms with Crippen LogP contribution >= 0.6 is 0 Å². The van der Waals surface area contributed by atoms with Gasteiger partial charge in [0.05, 0.1) is 11.0 Å². The number of imidazole rings is 1. The number of rotatable bonds is 19. The van der Waals surface area contributed by atoms with Crippen LogP contribution in [0.1, 0.15) is 78.8 Å². The fourth-order valence-electron chi connectivity index (χ4n) is 6.56. The molecular formula is C41H53N7O. The molecule has 258 valence electrons. The third kappa shape index (κ3) is 9.55. The molecular weight excluding hydrogens is 606 g/mol. The fraction of sp³-hybridized carbons (Fsp3) is 0.390. The summed E-state index contributed by atoms with van der Waals surface area (Å²) in [5.41, 5.74) is 17.2.